The van der Waals surface area contributed by atoms with Gasteiger partial charge in [-0.1, -0.05) is 28.1 Å². The van der Waals surface area contributed by atoms with Crippen LogP contribution in [0.4, 0.5) is 4.79 Å². The Morgan fingerprint density at radius 2 is 1.96 bits per heavy atom. The zero-order chi connectivity index (χ0) is 17.1. The van der Waals surface area contributed by atoms with Crippen LogP contribution in [0.2, 0.25) is 0 Å². The van der Waals surface area contributed by atoms with Crippen molar-refractivity contribution in [2.75, 3.05) is 6.54 Å². The molecule has 124 valence electrons. The largest absolute Gasteiger partial charge is 0.459 e. The second-order valence-corrected chi connectivity index (χ2v) is 6.55. The van der Waals surface area contributed by atoms with E-state index in [0.29, 0.717) is 17.8 Å². The van der Waals surface area contributed by atoms with E-state index in [0.717, 1.165) is 10.0 Å². The Kier molecular flexibility index (Phi) is 5.46. The molecule has 2 rings (SSSR count). The monoisotopic (exact) mass is 380 g/mol. The fourth-order valence-corrected chi connectivity index (χ4v) is 2.87. The van der Waals surface area contributed by atoms with Crippen LogP contribution in [0, 0.1) is 0 Å². The van der Waals surface area contributed by atoms with Gasteiger partial charge in [-0.3, -0.25) is 4.90 Å². The van der Waals surface area contributed by atoms with E-state index < -0.39 is 12.0 Å². The number of urea groups is 1. The number of carbonyl (C=O) groups excluding carboxylic acids is 2. The van der Waals surface area contributed by atoms with Crippen LogP contribution in [-0.2, 0) is 9.53 Å². The van der Waals surface area contributed by atoms with Gasteiger partial charge in [0.2, 0.25) is 0 Å². The van der Waals surface area contributed by atoms with Crippen molar-refractivity contribution in [3.63, 3.8) is 0 Å². The highest BCUT2D eigenvalue weighted by Gasteiger charge is 2.36. The molecule has 1 aliphatic rings. The van der Waals surface area contributed by atoms with Gasteiger partial charge in [0.25, 0.3) is 0 Å². The number of ether oxygens (including phenoxy) is 1. The van der Waals surface area contributed by atoms with Gasteiger partial charge in [0, 0.05) is 16.7 Å². The molecule has 1 N–H and O–H groups in total. The molecule has 1 atom stereocenters. The van der Waals surface area contributed by atoms with E-state index in [1.165, 1.54) is 0 Å². The summed E-state index contributed by atoms with van der Waals surface area (Å²) in [6.45, 7) is 7.76. The number of amides is 2. The number of allylic oxidation sites excluding steroid dienone is 1. The highest BCUT2D eigenvalue weighted by molar-refractivity contribution is 9.10. The van der Waals surface area contributed by atoms with Crippen molar-refractivity contribution < 1.29 is 14.3 Å². The average molecular weight is 381 g/mol. The highest BCUT2D eigenvalue weighted by Crippen LogP contribution is 2.32. The molecule has 0 radical (unpaired) electrons. The molecule has 6 heteroatoms. The fourth-order valence-electron chi connectivity index (χ4n) is 2.61. The lowest BCUT2D eigenvalue weighted by molar-refractivity contribution is -0.143. The molecule has 1 aliphatic heterocycles. The first-order chi connectivity index (χ1) is 10.8. The number of carbonyl (C=O) groups is 2. The summed E-state index contributed by atoms with van der Waals surface area (Å²) in [4.78, 5) is 26.4. The SMILES string of the molecule is CCN1C(=O)N[C@@H](c2ccc(Br)cc2)C(C(=O)OC(C)C)=C1C. The number of nitrogens with one attached hydrogen (secondary N) is 1. The second kappa shape index (κ2) is 7.17. The molecule has 1 heterocycles. The summed E-state index contributed by atoms with van der Waals surface area (Å²) in [5.41, 5.74) is 1.95. The van der Waals surface area contributed by atoms with Crippen LogP contribution in [0.3, 0.4) is 0 Å². The number of nitrogens with zero attached hydrogens (tertiary/aromatic N) is 1. The fraction of sp³-hybridized carbons (Fsp3) is 0.412. The molecular weight excluding hydrogens is 360 g/mol. The van der Waals surface area contributed by atoms with Crippen molar-refractivity contribution in [3.8, 4) is 0 Å². The van der Waals surface area contributed by atoms with E-state index >= 15 is 0 Å². The molecule has 0 saturated carbocycles. The Bertz CT molecular complexity index is 638. The molecule has 0 aliphatic carbocycles. The minimum Gasteiger partial charge on any atom is -0.459 e. The Morgan fingerprint density at radius 1 is 1.35 bits per heavy atom. The molecule has 23 heavy (non-hydrogen) atoms. The predicted octanol–water partition coefficient (Wildman–Crippen LogP) is 3.76. The minimum absolute atomic E-state index is 0.209. The molecule has 0 spiro atoms. The normalized spacial score (nSPS) is 18.3. The van der Waals surface area contributed by atoms with E-state index in [1.807, 2.05) is 31.2 Å². The number of hydrogen-bond acceptors (Lipinski definition) is 3. The van der Waals surface area contributed by atoms with Gasteiger partial charge in [-0.15, -0.1) is 0 Å². The Balaban J connectivity index is 2.49. The van der Waals surface area contributed by atoms with Gasteiger partial charge in [0.05, 0.1) is 17.7 Å². The van der Waals surface area contributed by atoms with Crippen LogP contribution < -0.4 is 5.32 Å². The first-order valence-electron chi connectivity index (χ1n) is 7.60. The van der Waals surface area contributed by atoms with Crippen molar-refractivity contribution in [3.05, 3.63) is 45.6 Å². The van der Waals surface area contributed by atoms with E-state index in [9.17, 15) is 9.59 Å². The van der Waals surface area contributed by atoms with Crippen LogP contribution in [0.15, 0.2) is 40.0 Å². The van der Waals surface area contributed by atoms with Crippen LogP contribution in [0.5, 0.6) is 0 Å². The summed E-state index contributed by atoms with van der Waals surface area (Å²) in [5, 5.41) is 2.90. The molecule has 2 amide bonds. The maximum atomic E-state index is 12.6. The van der Waals surface area contributed by atoms with Crippen molar-refractivity contribution in [1.82, 2.24) is 10.2 Å². The second-order valence-electron chi connectivity index (χ2n) is 5.63. The maximum absolute atomic E-state index is 12.6. The van der Waals surface area contributed by atoms with Gasteiger partial charge >= 0.3 is 12.0 Å². The van der Waals surface area contributed by atoms with Gasteiger partial charge in [-0.05, 0) is 45.4 Å². The van der Waals surface area contributed by atoms with Gasteiger partial charge in [-0.2, -0.15) is 0 Å². The molecular formula is C17H21BrN2O3. The summed E-state index contributed by atoms with van der Waals surface area (Å²) in [6.07, 6.45) is -0.221. The molecule has 0 saturated heterocycles. The summed E-state index contributed by atoms with van der Waals surface area (Å²) >= 11 is 3.39. The van der Waals surface area contributed by atoms with Crippen molar-refractivity contribution in [2.45, 2.75) is 39.8 Å². The molecule has 0 bridgehead atoms. The Labute approximate surface area is 144 Å². The number of esters is 1. The number of hydrogen-bond donors (Lipinski definition) is 1. The zero-order valence-corrected chi connectivity index (χ0v) is 15.3. The van der Waals surface area contributed by atoms with Crippen molar-refractivity contribution in [1.29, 1.82) is 0 Å². The number of benzene rings is 1. The van der Waals surface area contributed by atoms with E-state index in [-0.39, 0.29) is 12.1 Å². The van der Waals surface area contributed by atoms with Gasteiger partial charge in [0.15, 0.2) is 0 Å². The average Bonchev–Trinajstić information content (AvgIpc) is 2.46. The van der Waals surface area contributed by atoms with Crippen LogP contribution in [-0.4, -0.2) is 29.5 Å². The summed E-state index contributed by atoms with van der Waals surface area (Å²) in [6, 6.07) is 6.81. The predicted molar refractivity (Wildman–Crippen MR) is 91.7 cm³/mol. The topological polar surface area (TPSA) is 58.6 Å². The van der Waals surface area contributed by atoms with E-state index in [1.54, 1.807) is 25.7 Å². The summed E-state index contributed by atoms with van der Waals surface area (Å²) < 4.78 is 6.32. The smallest absolute Gasteiger partial charge is 0.338 e. The molecule has 0 fully saturated rings. The lowest BCUT2D eigenvalue weighted by atomic mass is 9.95. The third kappa shape index (κ3) is 3.75. The molecule has 1 aromatic carbocycles. The summed E-state index contributed by atoms with van der Waals surface area (Å²) in [7, 11) is 0. The van der Waals surface area contributed by atoms with E-state index in [2.05, 4.69) is 21.2 Å². The quantitative estimate of drug-likeness (QED) is 0.808. The third-order valence-electron chi connectivity index (χ3n) is 3.68. The van der Waals surface area contributed by atoms with Gasteiger partial charge in [-0.25, -0.2) is 9.59 Å². The maximum Gasteiger partial charge on any atom is 0.338 e. The first kappa shape index (κ1) is 17.5. The van der Waals surface area contributed by atoms with Crippen molar-refractivity contribution in [2.24, 2.45) is 0 Å². The van der Waals surface area contributed by atoms with Crippen molar-refractivity contribution >= 4 is 27.9 Å². The number of halogens is 1. The highest BCUT2D eigenvalue weighted by atomic mass is 79.9. The Hall–Kier alpha value is -1.82. The first-order valence-corrected chi connectivity index (χ1v) is 8.39. The third-order valence-corrected chi connectivity index (χ3v) is 4.21. The summed E-state index contributed by atoms with van der Waals surface area (Å²) in [5.74, 6) is -0.399. The zero-order valence-electron chi connectivity index (χ0n) is 13.7. The minimum atomic E-state index is -0.510. The van der Waals surface area contributed by atoms with Gasteiger partial charge < -0.3 is 10.1 Å². The standard InChI is InChI=1S/C17H21BrN2O3/c1-5-20-11(4)14(16(21)23-10(2)3)15(19-17(20)22)12-6-8-13(18)9-7-12/h6-10,15H,5H2,1-4H3,(H,19,22)/t15-/m0/s1. The van der Waals surface area contributed by atoms with Crippen LogP contribution in [0.25, 0.3) is 0 Å². The lowest BCUT2D eigenvalue weighted by Gasteiger charge is -2.35. The van der Waals surface area contributed by atoms with Crippen LogP contribution >= 0.6 is 15.9 Å². The number of rotatable bonds is 4. The van der Waals surface area contributed by atoms with Gasteiger partial charge in [0.1, 0.15) is 0 Å². The molecule has 5 nitrogen and oxygen atoms in total. The molecule has 0 unspecified atom stereocenters. The molecule has 0 aromatic heterocycles. The van der Waals surface area contributed by atoms with E-state index in [4.69, 9.17) is 4.74 Å². The molecule has 1 aromatic rings. The Morgan fingerprint density at radius 3 is 2.48 bits per heavy atom. The lowest BCUT2D eigenvalue weighted by Crippen LogP contribution is -2.48. The van der Waals surface area contributed by atoms with Crippen LogP contribution in [0.1, 0.15) is 39.3 Å².